The Morgan fingerprint density at radius 1 is 1.15 bits per heavy atom. The maximum Gasteiger partial charge on any atom is 0.387 e. The fourth-order valence-electron chi connectivity index (χ4n) is 5.57. The molecule has 0 saturated carbocycles. The van der Waals surface area contributed by atoms with E-state index in [0.29, 0.717) is 21.5 Å². The molecular weight excluding hydrogens is 533 g/mol. The minimum absolute atomic E-state index is 0.0259. The van der Waals surface area contributed by atoms with Crippen molar-refractivity contribution in [3.63, 3.8) is 0 Å². The van der Waals surface area contributed by atoms with Gasteiger partial charge in [0.25, 0.3) is 5.91 Å². The first-order valence-electron chi connectivity index (χ1n) is 12.2. The molecule has 6 rings (SSSR count). The molecule has 208 valence electrons. The summed E-state index contributed by atoms with van der Waals surface area (Å²) in [6.45, 7) is 0.0770. The quantitative estimate of drug-likeness (QED) is 0.214. The zero-order valence-electron chi connectivity index (χ0n) is 21.1. The fourth-order valence-corrected chi connectivity index (χ4v) is 5.57. The van der Waals surface area contributed by atoms with Gasteiger partial charge in [-0.05, 0) is 50.1 Å². The first-order valence-corrected chi connectivity index (χ1v) is 12.2. The van der Waals surface area contributed by atoms with Gasteiger partial charge in [-0.3, -0.25) is 9.69 Å². The van der Waals surface area contributed by atoms with E-state index in [1.54, 1.807) is 26.0 Å². The molecule has 4 aromatic rings. The Morgan fingerprint density at radius 3 is 2.55 bits per heavy atom. The van der Waals surface area contributed by atoms with Crippen molar-refractivity contribution >= 4 is 11.4 Å². The molecule has 11 nitrogen and oxygen atoms in total. The summed E-state index contributed by atoms with van der Waals surface area (Å²) in [6.07, 6.45) is -0.787. The van der Waals surface area contributed by atoms with Crippen molar-refractivity contribution in [3.8, 4) is 16.9 Å². The molecule has 2 atom stereocenters. The predicted octanol–water partition coefficient (Wildman–Crippen LogP) is 2.35. The van der Waals surface area contributed by atoms with E-state index in [2.05, 4.69) is 15.1 Å². The number of carbonyl (C=O) groups is 1. The molecule has 40 heavy (non-hydrogen) atoms. The van der Waals surface area contributed by atoms with Crippen LogP contribution in [0.2, 0.25) is 0 Å². The summed E-state index contributed by atoms with van der Waals surface area (Å²) in [4.78, 5) is 22.0. The number of fused-ring (bicyclic) bond motifs is 9. The number of ether oxygens (including phenoxy) is 1. The standard InChI is InChI=1S/C26H23F3N6O5/c1-25(2,30)23-31-10-14(21(27)32-23)11-6-7-34-15(8-11)19-13-9-16(20(19)33-34)35(26(37,38)39)22(36)12-4-3-5-17(18(12)13)40-24(28)29/h3-8,10,13,16,24,37-39H,9,30H2,1-2H3. The summed E-state index contributed by atoms with van der Waals surface area (Å²) < 4.78 is 48.0. The van der Waals surface area contributed by atoms with Crippen LogP contribution in [0.5, 0.6) is 5.75 Å². The number of carbonyl (C=O) groups excluding carboxylic acids is 1. The van der Waals surface area contributed by atoms with Crippen LogP contribution in [0.1, 0.15) is 65.2 Å². The highest BCUT2D eigenvalue weighted by molar-refractivity contribution is 5.98. The Labute approximate surface area is 224 Å². The van der Waals surface area contributed by atoms with Gasteiger partial charge in [0.15, 0.2) is 5.82 Å². The molecule has 3 aromatic heterocycles. The van der Waals surface area contributed by atoms with Gasteiger partial charge in [-0.1, -0.05) is 6.07 Å². The minimum Gasteiger partial charge on any atom is -0.434 e. The van der Waals surface area contributed by atoms with Gasteiger partial charge in [-0.2, -0.15) is 18.3 Å². The van der Waals surface area contributed by atoms with Crippen LogP contribution in [0.4, 0.5) is 13.2 Å². The number of alkyl halides is 2. The van der Waals surface area contributed by atoms with Crippen LogP contribution in [0.25, 0.3) is 16.6 Å². The number of amides is 1. The summed E-state index contributed by atoms with van der Waals surface area (Å²) in [5.41, 5.74) is 6.47. The third-order valence-electron chi connectivity index (χ3n) is 7.17. The number of aliphatic hydroxyl groups is 3. The average Bonchev–Trinajstić information content (AvgIpc) is 3.35. The predicted molar refractivity (Wildman–Crippen MR) is 131 cm³/mol. The van der Waals surface area contributed by atoms with Gasteiger partial charge < -0.3 is 25.8 Å². The summed E-state index contributed by atoms with van der Waals surface area (Å²) in [5.74, 6) is -2.78. The van der Waals surface area contributed by atoms with Gasteiger partial charge in [0.05, 0.1) is 28.4 Å². The molecule has 0 radical (unpaired) electrons. The number of hydrogen-bond donors (Lipinski definition) is 4. The second kappa shape index (κ2) is 8.69. The van der Waals surface area contributed by atoms with Crippen molar-refractivity contribution in [2.24, 2.45) is 5.73 Å². The van der Waals surface area contributed by atoms with Crippen molar-refractivity contribution in [1.29, 1.82) is 0 Å². The van der Waals surface area contributed by atoms with Crippen LogP contribution >= 0.6 is 0 Å². The SMILES string of the molecule is CC(C)(N)c1ncc(-c2ccn3nc4c(c3c2)C2CC4N(C(O)(O)O)C(=O)c3cccc(OC(F)F)c32)c(F)n1. The van der Waals surface area contributed by atoms with Crippen molar-refractivity contribution in [2.75, 3.05) is 0 Å². The number of hydrogen-bond acceptors (Lipinski definition) is 9. The molecule has 5 N–H and O–H groups in total. The number of aromatic nitrogens is 4. The maximum absolute atomic E-state index is 15.1. The molecule has 1 aliphatic carbocycles. The zero-order valence-corrected chi connectivity index (χ0v) is 21.1. The van der Waals surface area contributed by atoms with Crippen molar-refractivity contribution < 1.29 is 38.0 Å². The molecule has 0 fully saturated rings. The first-order chi connectivity index (χ1) is 18.8. The van der Waals surface area contributed by atoms with Gasteiger partial charge in [-0.15, -0.1) is 0 Å². The van der Waals surface area contributed by atoms with E-state index >= 15 is 4.39 Å². The Bertz CT molecular complexity index is 1680. The van der Waals surface area contributed by atoms with E-state index in [4.69, 9.17) is 10.5 Å². The fraction of sp³-hybridized carbons (Fsp3) is 0.308. The van der Waals surface area contributed by atoms with Crippen LogP contribution in [-0.4, -0.2) is 58.4 Å². The highest BCUT2D eigenvalue weighted by atomic mass is 19.3. The Kier molecular flexibility index (Phi) is 5.68. The summed E-state index contributed by atoms with van der Waals surface area (Å²) in [6, 6.07) is 5.92. The molecule has 1 aliphatic heterocycles. The average molecular weight is 557 g/mol. The highest BCUT2D eigenvalue weighted by Crippen LogP contribution is 2.54. The van der Waals surface area contributed by atoms with Crippen LogP contribution in [0.15, 0.2) is 42.7 Å². The Balaban J connectivity index is 1.58. The van der Waals surface area contributed by atoms with Crippen LogP contribution in [0, 0.1) is 5.95 Å². The molecule has 0 spiro atoms. The lowest BCUT2D eigenvalue weighted by Crippen LogP contribution is -2.53. The monoisotopic (exact) mass is 556 g/mol. The second-order valence-corrected chi connectivity index (χ2v) is 10.3. The topological polar surface area (TPSA) is 159 Å². The number of halogens is 3. The van der Waals surface area contributed by atoms with Gasteiger partial charge in [0, 0.05) is 35.0 Å². The third kappa shape index (κ3) is 3.99. The minimum atomic E-state index is -3.59. The van der Waals surface area contributed by atoms with E-state index in [1.807, 2.05) is 0 Å². The zero-order chi connectivity index (χ0) is 28.7. The molecule has 14 heteroatoms. The van der Waals surface area contributed by atoms with E-state index in [-0.39, 0.29) is 40.4 Å². The number of rotatable bonds is 5. The normalized spacial score (nSPS) is 18.8. The molecule has 2 bridgehead atoms. The number of benzene rings is 1. The lowest BCUT2D eigenvalue weighted by molar-refractivity contribution is -0.385. The molecular formula is C26H23F3N6O5. The summed E-state index contributed by atoms with van der Waals surface area (Å²) in [5, 5.41) is 35.0. The van der Waals surface area contributed by atoms with Crippen molar-refractivity contribution in [2.45, 2.75) is 50.5 Å². The molecule has 1 amide bonds. The van der Waals surface area contributed by atoms with E-state index in [0.717, 1.165) is 0 Å². The molecule has 2 aliphatic rings. The largest absolute Gasteiger partial charge is 0.434 e. The molecule has 0 saturated heterocycles. The number of nitrogens with zero attached hydrogens (tertiary/aromatic N) is 5. The van der Waals surface area contributed by atoms with Gasteiger partial charge in [-0.25, -0.2) is 14.5 Å². The van der Waals surface area contributed by atoms with E-state index < -0.39 is 42.1 Å². The van der Waals surface area contributed by atoms with Crippen LogP contribution < -0.4 is 10.5 Å². The smallest absolute Gasteiger partial charge is 0.387 e. The lowest BCUT2D eigenvalue weighted by atomic mass is 9.88. The lowest BCUT2D eigenvalue weighted by Gasteiger charge is -2.34. The number of pyridine rings is 1. The van der Waals surface area contributed by atoms with Crippen LogP contribution in [0.3, 0.4) is 0 Å². The second-order valence-electron chi connectivity index (χ2n) is 10.3. The van der Waals surface area contributed by atoms with Crippen LogP contribution in [-0.2, 0) is 5.54 Å². The molecule has 2 unspecified atom stereocenters. The third-order valence-corrected chi connectivity index (χ3v) is 7.17. The van der Waals surface area contributed by atoms with Gasteiger partial charge in [0.1, 0.15) is 5.75 Å². The summed E-state index contributed by atoms with van der Waals surface area (Å²) in [7, 11) is 0. The van der Waals surface area contributed by atoms with Crippen molar-refractivity contribution in [1.82, 2.24) is 24.5 Å². The molecule has 1 aromatic carbocycles. The van der Waals surface area contributed by atoms with E-state index in [1.165, 1.54) is 35.1 Å². The van der Waals surface area contributed by atoms with E-state index in [9.17, 15) is 28.9 Å². The van der Waals surface area contributed by atoms with Gasteiger partial charge in [0.2, 0.25) is 5.95 Å². The number of nitrogens with two attached hydrogens (primary N) is 1. The maximum atomic E-state index is 15.1. The Hall–Kier alpha value is -4.11. The molecule has 4 heterocycles. The van der Waals surface area contributed by atoms with Gasteiger partial charge >= 0.3 is 12.7 Å². The highest BCUT2D eigenvalue weighted by Gasteiger charge is 2.52. The summed E-state index contributed by atoms with van der Waals surface area (Å²) >= 11 is 0. The Morgan fingerprint density at radius 2 is 1.90 bits per heavy atom. The van der Waals surface area contributed by atoms with Crippen molar-refractivity contribution in [3.05, 3.63) is 76.9 Å². The first kappa shape index (κ1) is 26.1.